The SMILES string of the molecule is C/C(CO[Si](C)(C)C(C)(C)C)=C1\CNC1=O. The Bertz CT molecular complexity index is 326. The van der Waals surface area contributed by atoms with E-state index in [1.165, 1.54) is 0 Å². The van der Waals surface area contributed by atoms with Gasteiger partial charge in [-0.1, -0.05) is 20.8 Å². The van der Waals surface area contributed by atoms with Gasteiger partial charge in [0.1, 0.15) is 0 Å². The van der Waals surface area contributed by atoms with Crippen molar-refractivity contribution in [3.8, 4) is 0 Å². The van der Waals surface area contributed by atoms with Crippen molar-refractivity contribution in [3.63, 3.8) is 0 Å². The van der Waals surface area contributed by atoms with Crippen molar-refractivity contribution in [2.75, 3.05) is 13.2 Å². The van der Waals surface area contributed by atoms with E-state index < -0.39 is 8.32 Å². The number of nitrogens with one attached hydrogen (secondary N) is 1. The fourth-order valence-electron chi connectivity index (χ4n) is 1.19. The Morgan fingerprint density at radius 2 is 2.00 bits per heavy atom. The highest BCUT2D eigenvalue weighted by molar-refractivity contribution is 6.74. The van der Waals surface area contributed by atoms with Crippen LogP contribution >= 0.6 is 0 Å². The zero-order valence-electron chi connectivity index (χ0n) is 11.2. The normalized spacial score (nSPS) is 20.2. The molecule has 1 heterocycles. The number of hydrogen-bond acceptors (Lipinski definition) is 2. The summed E-state index contributed by atoms with van der Waals surface area (Å²) in [4.78, 5) is 11.2. The molecule has 16 heavy (non-hydrogen) atoms. The summed E-state index contributed by atoms with van der Waals surface area (Å²) >= 11 is 0. The van der Waals surface area contributed by atoms with E-state index in [9.17, 15) is 4.79 Å². The Labute approximate surface area is 99.4 Å². The highest BCUT2D eigenvalue weighted by Crippen LogP contribution is 2.36. The summed E-state index contributed by atoms with van der Waals surface area (Å²) < 4.78 is 6.06. The first-order valence-electron chi connectivity index (χ1n) is 5.76. The molecule has 0 spiro atoms. The van der Waals surface area contributed by atoms with Gasteiger partial charge in [0, 0.05) is 12.1 Å². The van der Waals surface area contributed by atoms with Gasteiger partial charge in [-0.05, 0) is 30.6 Å². The highest BCUT2D eigenvalue weighted by Gasteiger charge is 2.37. The second kappa shape index (κ2) is 4.34. The molecule has 0 unspecified atom stereocenters. The van der Waals surface area contributed by atoms with Gasteiger partial charge in [-0.25, -0.2) is 0 Å². The summed E-state index contributed by atoms with van der Waals surface area (Å²) in [6, 6.07) is 0. The summed E-state index contributed by atoms with van der Waals surface area (Å²) in [6.45, 7) is 14.4. The van der Waals surface area contributed by atoms with Crippen LogP contribution in [-0.2, 0) is 9.22 Å². The number of amides is 1. The van der Waals surface area contributed by atoms with Gasteiger partial charge in [-0.2, -0.15) is 0 Å². The summed E-state index contributed by atoms with van der Waals surface area (Å²) in [7, 11) is -1.69. The van der Waals surface area contributed by atoms with Crippen molar-refractivity contribution in [2.24, 2.45) is 0 Å². The fraction of sp³-hybridized carbons (Fsp3) is 0.750. The lowest BCUT2D eigenvalue weighted by Gasteiger charge is -2.36. The molecule has 1 saturated heterocycles. The van der Waals surface area contributed by atoms with E-state index in [1.54, 1.807) is 0 Å². The van der Waals surface area contributed by atoms with Crippen molar-refractivity contribution < 1.29 is 9.22 Å². The third kappa shape index (κ3) is 2.74. The van der Waals surface area contributed by atoms with Crippen LogP contribution in [-0.4, -0.2) is 27.4 Å². The molecular weight excluding hydrogens is 218 g/mol. The minimum atomic E-state index is -1.69. The van der Waals surface area contributed by atoms with E-state index in [4.69, 9.17) is 4.43 Å². The van der Waals surface area contributed by atoms with E-state index >= 15 is 0 Å². The van der Waals surface area contributed by atoms with Gasteiger partial charge < -0.3 is 9.74 Å². The van der Waals surface area contributed by atoms with Gasteiger partial charge in [-0.3, -0.25) is 4.79 Å². The highest BCUT2D eigenvalue weighted by atomic mass is 28.4. The van der Waals surface area contributed by atoms with Crippen LogP contribution in [0.15, 0.2) is 11.1 Å². The first-order chi connectivity index (χ1) is 7.15. The van der Waals surface area contributed by atoms with Crippen LogP contribution in [0, 0.1) is 0 Å². The molecule has 1 aliphatic heterocycles. The molecule has 0 bridgehead atoms. The lowest BCUT2D eigenvalue weighted by Crippen LogP contribution is -2.44. The van der Waals surface area contributed by atoms with E-state index in [0.29, 0.717) is 13.2 Å². The molecule has 3 nitrogen and oxygen atoms in total. The zero-order chi connectivity index (χ0) is 12.6. The van der Waals surface area contributed by atoms with Crippen molar-refractivity contribution in [1.82, 2.24) is 5.32 Å². The Kier molecular flexibility index (Phi) is 3.64. The molecule has 0 atom stereocenters. The maximum Gasteiger partial charge on any atom is 0.249 e. The monoisotopic (exact) mass is 241 g/mol. The largest absolute Gasteiger partial charge is 0.413 e. The molecule has 1 fully saturated rings. The molecular formula is C12H23NO2Si. The lowest BCUT2D eigenvalue weighted by atomic mass is 10.0. The second-order valence-electron chi connectivity index (χ2n) is 5.99. The summed E-state index contributed by atoms with van der Waals surface area (Å²) in [5, 5.41) is 2.95. The van der Waals surface area contributed by atoms with Gasteiger partial charge in [0.05, 0.1) is 6.61 Å². The van der Waals surface area contributed by atoms with Crippen LogP contribution < -0.4 is 5.32 Å². The molecule has 1 aliphatic rings. The van der Waals surface area contributed by atoms with Crippen LogP contribution in [0.3, 0.4) is 0 Å². The topological polar surface area (TPSA) is 38.3 Å². The minimum absolute atomic E-state index is 0.0660. The number of rotatable bonds is 3. The molecule has 0 radical (unpaired) electrons. The Balaban J connectivity index is 2.59. The van der Waals surface area contributed by atoms with Gasteiger partial charge in [0.2, 0.25) is 5.91 Å². The third-order valence-corrected chi connectivity index (χ3v) is 8.15. The number of carbonyl (C=O) groups is 1. The molecule has 0 aromatic heterocycles. The van der Waals surface area contributed by atoms with Crippen molar-refractivity contribution in [1.29, 1.82) is 0 Å². The predicted octanol–water partition coefficient (Wildman–Crippen LogP) is 2.45. The molecule has 1 rings (SSSR count). The molecule has 92 valence electrons. The molecule has 0 aliphatic carbocycles. The van der Waals surface area contributed by atoms with Gasteiger partial charge in [-0.15, -0.1) is 0 Å². The van der Waals surface area contributed by atoms with Crippen LogP contribution in [0.2, 0.25) is 18.1 Å². The number of β-lactam (4-membered cyclic amide) rings is 1. The summed E-state index contributed by atoms with van der Waals surface area (Å²) in [6.07, 6.45) is 0. The number of hydrogen-bond donors (Lipinski definition) is 1. The molecule has 1 amide bonds. The molecule has 0 saturated carbocycles. The molecule has 0 aromatic carbocycles. The van der Waals surface area contributed by atoms with Gasteiger partial charge in [0.15, 0.2) is 8.32 Å². The second-order valence-corrected chi connectivity index (χ2v) is 10.8. The van der Waals surface area contributed by atoms with E-state index in [-0.39, 0.29) is 10.9 Å². The average molecular weight is 241 g/mol. The van der Waals surface area contributed by atoms with Crippen LogP contribution in [0.5, 0.6) is 0 Å². The lowest BCUT2D eigenvalue weighted by molar-refractivity contribution is -0.120. The standard InChI is InChI=1S/C12H23NO2Si/c1-9(10-7-13-11(10)14)8-15-16(5,6)12(2,3)4/h7-8H2,1-6H3,(H,13,14)/b10-9-. The van der Waals surface area contributed by atoms with Crippen LogP contribution in [0.4, 0.5) is 0 Å². The quantitative estimate of drug-likeness (QED) is 0.468. The fourth-order valence-corrected chi connectivity index (χ4v) is 2.20. The molecule has 0 aromatic rings. The Hall–Kier alpha value is -0.613. The molecule has 4 heteroatoms. The maximum atomic E-state index is 11.2. The Morgan fingerprint density at radius 3 is 2.31 bits per heavy atom. The van der Waals surface area contributed by atoms with Crippen molar-refractivity contribution in [2.45, 2.75) is 45.8 Å². The average Bonchev–Trinajstić information content (AvgIpc) is 2.10. The third-order valence-electron chi connectivity index (χ3n) is 3.67. The van der Waals surface area contributed by atoms with Crippen LogP contribution in [0.25, 0.3) is 0 Å². The van der Waals surface area contributed by atoms with E-state index in [1.807, 2.05) is 6.92 Å². The van der Waals surface area contributed by atoms with Crippen molar-refractivity contribution >= 4 is 14.2 Å². The first kappa shape index (κ1) is 13.5. The van der Waals surface area contributed by atoms with Crippen molar-refractivity contribution in [3.05, 3.63) is 11.1 Å². The first-order valence-corrected chi connectivity index (χ1v) is 8.67. The predicted molar refractivity (Wildman–Crippen MR) is 68.9 cm³/mol. The summed E-state index contributed by atoms with van der Waals surface area (Å²) in [5.74, 6) is 0.0660. The molecule has 1 N–H and O–H groups in total. The van der Waals surface area contributed by atoms with Gasteiger partial charge >= 0.3 is 0 Å². The van der Waals surface area contributed by atoms with Crippen LogP contribution in [0.1, 0.15) is 27.7 Å². The maximum absolute atomic E-state index is 11.2. The number of carbonyl (C=O) groups excluding carboxylic acids is 1. The van der Waals surface area contributed by atoms with E-state index in [2.05, 4.69) is 39.2 Å². The minimum Gasteiger partial charge on any atom is -0.413 e. The van der Waals surface area contributed by atoms with E-state index in [0.717, 1.165) is 11.1 Å². The zero-order valence-corrected chi connectivity index (χ0v) is 12.2. The summed E-state index contributed by atoms with van der Waals surface area (Å²) in [5.41, 5.74) is 1.98. The smallest absolute Gasteiger partial charge is 0.249 e. The Morgan fingerprint density at radius 1 is 1.44 bits per heavy atom. The van der Waals surface area contributed by atoms with Gasteiger partial charge in [0.25, 0.3) is 0 Å².